The number of carbonyl (C=O) groups excluding carboxylic acids is 2. The Hall–Kier alpha value is -4.25. The number of rotatable bonds is 8. The zero-order valence-corrected chi connectivity index (χ0v) is 26.0. The van der Waals surface area contributed by atoms with Gasteiger partial charge in [-0.3, -0.25) is 0 Å². The van der Waals surface area contributed by atoms with E-state index in [1.807, 2.05) is 18.2 Å². The molecule has 0 atom stereocenters. The molecule has 0 radical (unpaired) electrons. The third-order valence-electron chi connectivity index (χ3n) is 8.17. The van der Waals surface area contributed by atoms with Gasteiger partial charge in [-0.15, -0.1) is 0 Å². The molecule has 0 unspecified atom stereocenters. The van der Waals surface area contributed by atoms with Crippen LogP contribution in [0.3, 0.4) is 0 Å². The molecule has 0 spiro atoms. The molecular formula is C36H30BrO5P. The van der Waals surface area contributed by atoms with Crippen molar-refractivity contribution in [1.82, 2.24) is 0 Å². The molecule has 216 valence electrons. The zero-order chi connectivity index (χ0) is 30.2. The number of phenolic OH excluding ortho intramolecular Hbond substituents is 2. The van der Waals surface area contributed by atoms with Crippen LogP contribution in [0, 0.1) is 6.92 Å². The Morgan fingerprint density at radius 1 is 0.651 bits per heavy atom. The van der Waals surface area contributed by atoms with E-state index in [1.165, 1.54) is 34.1 Å². The molecule has 0 fully saturated rings. The molecule has 0 amide bonds. The summed E-state index contributed by atoms with van der Waals surface area (Å²) in [6.07, 6.45) is 1.41. The number of benzene rings is 5. The fourth-order valence-electron chi connectivity index (χ4n) is 6.16. The summed E-state index contributed by atoms with van der Waals surface area (Å²) in [5.41, 5.74) is 0.640. The average Bonchev–Trinajstić information content (AvgIpc) is 3.02. The molecule has 0 heterocycles. The Kier molecular flexibility index (Phi) is 7.45. The van der Waals surface area contributed by atoms with Crippen molar-refractivity contribution in [1.29, 1.82) is 0 Å². The van der Waals surface area contributed by atoms with E-state index in [9.17, 15) is 19.8 Å². The van der Waals surface area contributed by atoms with Gasteiger partial charge in [0.25, 0.3) is 0 Å². The van der Waals surface area contributed by atoms with Crippen LogP contribution < -0.4 is 20.7 Å². The Morgan fingerprint density at radius 2 is 1.12 bits per heavy atom. The molecule has 0 saturated heterocycles. The van der Waals surface area contributed by atoms with Gasteiger partial charge in [-0.2, -0.15) is 0 Å². The second-order valence-electron chi connectivity index (χ2n) is 10.8. The van der Waals surface area contributed by atoms with E-state index < -0.39 is 16.9 Å². The number of carbonyl (C=O) groups is 2. The van der Waals surface area contributed by atoms with E-state index in [0.29, 0.717) is 24.3 Å². The topological polar surface area (TPSA) is 83.8 Å². The van der Waals surface area contributed by atoms with Crippen LogP contribution in [0.2, 0.25) is 0 Å². The summed E-state index contributed by atoms with van der Waals surface area (Å²) in [5, 5.41) is 21.7. The normalized spacial score (nSPS) is 13.5. The summed E-state index contributed by atoms with van der Waals surface area (Å²) in [6, 6.07) is 37.4. The monoisotopic (exact) mass is 652 g/mol. The number of hydrogen-bond donors (Lipinski definition) is 2. The van der Waals surface area contributed by atoms with Crippen molar-refractivity contribution in [3.05, 3.63) is 143 Å². The van der Waals surface area contributed by atoms with Crippen LogP contribution in [0.15, 0.2) is 115 Å². The maximum absolute atomic E-state index is 13.4. The average molecular weight is 654 g/mol. The van der Waals surface area contributed by atoms with Crippen molar-refractivity contribution in [3.63, 3.8) is 0 Å². The molecule has 2 N–H and O–H groups in total. The van der Waals surface area contributed by atoms with Crippen LogP contribution in [0.25, 0.3) is 0 Å². The number of ketones is 2. The predicted octanol–water partition coefficient (Wildman–Crippen LogP) is 6.79. The van der Waals surface area contributed by atoms with Crippen molar-refractivity contribution in [2.45, 2.75) is 13.3 Å². The predicted molar refractivity (Wildman–Crippen MR) is 177 cm³/mol. The molecule has 43 heavy (non-hydrogen) atoms. The van der Waals surface area contributed by atoms with Crippen molar-refractivity contribution >= 4 is 48.3 Å². The van der Waals surface area contributed by atoms with Crippen LogP contribution in [0.4, 0.5) is 0 Å². The van der Waals surface area contributed by atoms with Gasteiger partial charge >= 0.3 is 259 Å². The van der Waals surface area contributed by atoms with Gasteiger partial charge in [0.05, 0.1) is 0 Å². The SMILES string of the molecule is Cc1cc(O)c2c(c1)C(=O)c1cc(OCCCP(Br)(c3ccccc3)(c3ccccc3)c3ccccc3)cc(O)c1C2=O. The first-order valence-corrected chi connectivity index (χ1v) is 18.5. The minimum atomic E-state index is -3.13. The fourth-order valence-corrected chi connectivity index (χ4v) is 13.8. The summed E-state index contributed by atoms with van der Waals surface area (Å²) < 4.78 is 6.15. The quantitative estimate of drug-likeness (QED) is 0.140. The standard InChI is InChI=1S/C36H30BrO5P/c1-24-20-29-33(31(38)21-24)36(41)34-30(35(29)40)22-25(23-32(34)39)42-18-11-19-43(37,26-12-5-2-6-13-26,27-14-7-3-8-15-27)28-16-9-4-10-17-28/h2-10,12-17,20-23,38-39H,11,18-19H2,1H3. The van der Waals surface area contributed by atoms with Gasteiger partial charge in [0.15, 0.2) is 0 Å². The Morgan fingerprint density at radius 3 is 1.63 bits per heavy atom. The molecular weight excluding hydrogens is 623 g/mol. The van der Waals surface area contributed by atoms with E-state index in [4.69, 9.17) is 4.74 Å². The molecule has 7 heteroatoms. The number of hydrogen-bond acceptors (Lipinski definition) is 5. The van der Waals surface area contributed by atoms with E-state index in [1.54, 1.807) is 13.0 Å². The summed E-state index contributed by atoms with van der Waals surface area (Å²) in [7, 11) is 0. The number of halogens is 1. The van der Waals surface area contributed by atoms with Crippen LogP contribution >= 0.6 is 20.8 Å². The molecule has 5 aromatic carbocycles. The van der Waals surface area contributed by atoms with Gasteiger partial charge in [-0.05, 0) is 0 Å². The van der Waals surface area contributed by atoms with Gasteiger partial charge in [-0.25, -0.2) is 0 Å². The molecule has 1 aliphatic rings. The summed E-state index contributed by atoms with van der Waals surface area (Å²) in [6.45, 7) is 2.05. The van der Waals surface area contributed by atoms with E-state index in [2.05, 4.69) is 88.3 Å². The van der Waals surface area contributed by atoms with Gasteiger partial charge in [-0.1, -0.05) is 0 Å². The Labute approximate surface area is 258 Å². The zero-order valence-electron chi connectivity index (χ0n) is 23.5. The van der Waals surface area contributed by atoms with Crippen LogP contribution in [-0.4, -0.2) is 34.5 Å². The summed E-state index contributed by atoms with van der Waals surface area (Å²) in [5.74, 6) is -1.35. The van der Waals surface area contributed by atoms with E-state index >= 15 is 0 Å². The molecule has 1 aliphatic carbocycles. The van der Waals surface area contributed by atoms with Gasteiger partial charge in [0, 0.05) is 0 Å². The number of ether oxygens (including phenoxy) is 1. The molecule has 0 aliphatic heterocycles. The number of fused-ring (bicyclic) bond motifs is 2. The maximum atomic E-state index is 13.4. The summed E-state index contributed by atoms with van der Waals surface area (Å²) >= 11 is 4.44. The molecule has 0 aromatic heterocycles. The van der Waals surface area contributed by atoms with Crippen molar-refractivity contribution < 1.29 is 24.5 Å². The first kappa shape index (κ1) is 28.9. The Balaban J connectivity index is 1.32. The number of aryl methyl sites for hydroxylation is 1. The second kappa shape index (κ2) is 11.1. The van der Waals surface area contributed by atoms with Crippen molar-refractivity contribution in [2.75, 3.05) is 12.8 Å². The second-order valence-corrected chi connectivity index (χ2v) is 19.9. The van der Waals surface area contributed by atoms with Crippen LogP contribution in [0.1, 0.15) is 43.8 Å². The van der Waals surface area contributed by atoms with Crippen molar-refractivity contribution in [3.8, 4) is 17.2 Å². The van der Waals surface area contributed by atoms with Crippen molar-refractivity contribution in [2.24, 2.45) is 0 Å². The fraction of sp³-hybridized carbons (Fsp3) is 0.111. The first-order chi connectivity index (χ1) is 20.7. The van der Waals surface area contributed by atoms with E-state index in [-0.39, 0.29) is 33.8 Å². The van der Waals surface area contributed by atoms with Gasteiger partial charge in [0.2, 0.25) is 0 Å². The molecule has 0 saturated carbocycles. The third-order valence-corrected chi connectivity index (χ3v) is 18.2. The molecule has 6 rings (SSSR count). The molecule has 5 nitrogen and oxygen atoms in total. The Bertz CT molecular complexity index is 1760. The van der Waals surface area contributed by atoms with E-state index in [0.717, 1.165) is 6.16 Å². The first-order valence-electron chi connectivity index (χ1n) is 14.0. The summed E-state index contributed by atoms with van der Waals surface area (Å²) in [4.78, 5) is 26.6. The van der Waals surface area contributed by atoms with Crippen LogP contribution in [0.5, 0.6) is 17.2 Å². The minimum absolute atomic E-state index is 0.0653. The van der Waals surface area contributed by atoms with Gasteiger partial charge < -0.3 is 0 Å². The van der Waals surface area contributed by atoms with Crippen LogP contribution in [-0.2, 0) is 0 Å². The number of phenols is 2. The number of aromatic hydroxyl groups is 2. The third kappa shape index (κ3) is 4.75. The van der Waals surface area contributed by atoms with Gasteiger partial charge in [0.1, 0.15) is 0 Å². The molecule has 0 bridgehead atoms. The molecule has 5 aromatic rings.